The van der Waals surface area contributed by atoms with Crippen molar-refractivity contribution in [2.24, 2.45) is 5.84 Å². The minimum Gasteiger partial charge on any atom is -0.315 e. The minimum absolute atomic E-state index is 0.920. The van der Waals surface area contributed by atoms with Crippen molar-refractivity contribution in [3.05, 3.63) is 0 Å². The SMILES string of the molecule is CCCCNCCN(C)N. The number of rotatable bonds is 6. The Hall–Kier alpha value is -0.120. The second kappa shape index (κ2) is 6.99. The largest absolute Gasteiger partial charge is 0.315 e. The molecule has 0 saturated heterocycles. The van der Waals surface area contributed by atoms with Crippen molar-refractivity contribution in [1.82, 2.24) is 10.3 Å². The van der Waals surface area contributed by atoms with Crippen molar-refractivity contribution in [2.45, 2.75) is 19.8 Å². The molecule has 0 aliphatic carbocycles. The fourth-order valence-electron chi connectivity index (χ4n) is 0.682. The van der Waals surface area contributed by atoms with Gasteiger partial charge in [-0.1, -0.05) is 13.3 Å². The Labute approximate surface area is 63.5 Å². The molecule has 3 N–H and O–H groups in total. The molecule has 0 aromatic rings. The molecule has 0 aliphatic rings. The standard InChI is InChI=1S/C7H19N3/c1-3-4-5-9-6-7-10(2)8/h9H,3-8H2,1-2H3. The molecule has 0 radical (unpaired) electrons. The van der Waals surface area contributed by atoms with Crippen molar-refractivity contribution in [3.8, 4) is 0 Å². The van der Waals surface area contributed by atoms with Crippen LogP contribution in [0.2, 0.25) is 0 Å². The van der Waals surface area contributed by atoms with E-state index in [2.05, 4.69) is 12.2 Å². The van der Waals surface area contributed by atoms with Crippen LogP contribution in [0.3, 0.4) is 0 Å². The molecular formula is C7H19N3. The van der Waals surface area contributed by atoms with Crippen LogP contribution < -0.4 is 11.2 Å². The molecule has 0 aromatic carbocycles. The maximum atomic E-state index is 5.40. The van der Waals surface area contributed by atoms with E-state index in [1.54, 1.807) is 5.01 Å². The van der Waals surface area contributed by atoms with Gasteiger partial charge in [0.05, 0.1) is 0 Å². The van der Waals surface area contributed by atoms with Crippen molar-refractivity contribution in [1.29, 1.82) is 0 Å². The number of nitrogens with two attached hydrogens (primary N) is 1. The normalized spacial score (nSPS) is 10.8. The van der Waals surface area contributed by atoms with Crippen LogP contribution in [0.1, 0.15) is 19.8 Å². The lowest BCUT2D eigenvalue weighted by Gasteiger charge is -2.09. The lowest BCUT2D eigenvalue weighted by atomic mass is 10.3. The van der Waals surface area contributed by atoms with Crippen LogP contribution in [0.4, 0.5) is 0 Å². The first kappa shape index (κ1) is 9.88. The van der Waals surface area contributed by atoms with Crippen molar-refractivity contribution in [3.63, 3.8) is 0 Å². The molecule has 0 fully saturated rings. The summed E-state index contributed by atoms with van der Waals surface area (Å²) < 4.78 is 0. The summed E-state index contributed by atoms with van der Waals surface area (Å²) in [5.41, 5.74) is 0. The molecule has 0 rings (SSSR count). The van der Waals surface area contributed by atoms with E-state index in [0.717, 1.165) is 19.6 Å². The van der Waals surface area contributed by atoms with E-state index in [9.17, 15) is 0 Å². The first-order chi connectivity index (χ1) is 4.77. The highest BCUT2D eigenvalue weighted by atomic mass is 15.4. The van der Waals surface area contributed by atoms with Crippen LogP contribution in [0.25, 0.3) is 0 Å². The van der Waals surface area contributed by atoms with Crippen LogP contribution in [-0.2, 0) is 0 Å². The Morgan fingerprint density at radius 2 is 2.10 bits per heavy atom. The average Bonchev–Trinajstić information content (AvgIpc) is 1.87. The Bertz CT molecular complexity index is 63.9. The van der Waals surface area contributed by atoms with Gasteiger partial charge in [0.2, 0.25) is 0 Å². The Balaban J connectivity index is 2.77. The number of hydrazine groups is 1. The highest BCUT2D eigenvalue weighted by molar-refractivity contribution is 4.48. The maximum Gasteiger partial charge on any atom is 0.0250 e. The molecule has 3 nitrogen and oxygen atoms in total. The fourth-order valence-corrected chi connectivity index (χ4v) is 0.682. The zero-order valence-electron chi connectivity index (χ0n) is 7.06. The van der Waals surface area contributed by atoms with E-state index in [4.69, 9.17) is 5.84 Å². The van der Waals surface area contributed by atoms with Gasteiger partial charge in [0, 0.05) is 20.1 Å². The number of nitrogens with zero attached hydrogens (tertiary/aromatic N) is 1. The predicted octanol–water partition coefficient (Wildman–Crippen LogP) is 0.182. The quantitative estimate of drug-likeness (QED) is 0.318. The molecule has 0 amide bonds. The second-order valence-electron chi connectivity index (χ2n) is 2.58. The molecule has 10 heavy (non-hydrogen) atoms. The monoisotopic (exact) mass is 145 g/mol. The van der Waals surface area contributed by atoms with E-state index in [-0.39, 0.29) is 0 Å². The van der Waals surface area contributed by atoms with Gasteiger partial charge in [-0.25, -0.2) is 5.01 Å². The van der Waals surface area contributed by atoms with Gasteiger partial charge in [-0.15, -0.1) is 0 Å². The second-order valence-corrected chi connectivity index (χ2v) is 2.58. The van der Waals surface area contributed by atoms with Crippen molar-refractivity contribution >= 4 is 0 Å². The molecule has 0 saturated carbocycles. The van der Waals surface area contributed by atoms with Gasteiger partial charge < -0.3 is 5.32 Å². The van der Waals surface area contributed by atoms with Crippen LogP contribution in [-0.4, -0.2) is 31.7 Å². The fraction of sp³-hybridized carbons (Fsp3) is 1.00. The third-order valence-electron chi connectivity index (χ3n) is 1.35. The van der Waals surface area contributed by atoms with Crippen LogP contribution in [0.15, 0.2) is 0 Å². The van der Waals surface area contributed by atoms with Crippen LogP contribution in [0.5, 0.6) is 0 Å². The Kier molecular flexibility index (Phi) is 6.91. The molecule has 0 aliphatic heterocycles. The minimum atomic E-state index is 0.920. The van der Waals surface area contributed by atoms with Gasteiger partial charge in [-0.3, -0.25) is 5.84 Å². The molecular weight excluding hydrogens is 126 g/mol. The van der Waals surface area contributed by atoms with E-state index >= 15 is 0 Å². The number of likely N-dealkylation sites (N-methyl/N-ethyl adjacent to an activating group) is 1. The Morgan fingerprint density at radius 1 is 1.40 bits per heavy atom. The molecule has 0 unspecified atom stereocenters. The van der Waals surface area contributed by atoms with Crippen LogP contribution >= 0.6 is 0 Å². The van der Waals surface area contributed by atoms with Gasteiger partial charge in [-0.2, -0.15) is 0 Å². The van der Waals surface area contributed by atoms with Gasteiger partial charge in [-0.05, 0) is 13.0 Å². The summed E-state index contributed by atoms with van der Waals surface area (Å²) in [5, 5.41) is 4.99. The summed E-state index contributed by atoms with van der Waals surface area (Å²) in [4.78, 5) is 0. The molecule has 0 spiro atoms. The number of hydrogen-bond donors (Lipinski definition) is 2. The number of nitrogens with one attached hydrogen (secondary N) is 1. The van der Waals surface area contributed by atoms with Crippen molar-refractivity contribution in [2.75, 3.05) is 26.7 Å². The summed E-state index contributed by atoms with van der Waals surface area (Å²) >= 11 is 0. The zero-order chi connectivity index (χ0) is 7.82. The summed E-state index contributed by atoms with van der Waals surface area (Å²) in [6.45, 7) is 5.22. The van der Waals surface area contributed by atoms with Gasteiger partial charge in [0.15, 0.2) is 0 Å². The summed E-state index contributed by atoms with van der Waals surface area (Å²) in [6, 6.07) is 0. The zero-order valence-corrected chi connectivity index (χ0v) is 7.06. The molecule has 0 bridgehead atoms. The first-order valence-electron chi connectivity index (χ1n) is 3.94. The Morgan fingerprint density at radius 3 is 2.60 bits per heavy atom. The highest BCUT2D eigenvalue weighted by Gasteiger charge is 1.88. The molecule has 0 atom stereocenters. The maximum absolute atomic E-state index is 5.40. The van der Waals surface area contributed by atoms with Gasteiger partial charge in [0.25, 0.3) is 0 Å². The predicted molar refractivity (Wildman–Crippen MR) is 44.6 cm³/mol. The number of hydrogen-bond acceptors (Lipinski definition) is 3. The summed E-state index contributed by atoms with van der Waals surface area (Å²) in [5.74, 6) is 5.40. The molecule has 62 valence electrons. The molecule has 0 aromatic heterocycles. The molecule has 3 heteroatoms. The van der Waals surface area contributed by atoms with E-state index < -0.39 is 0 Å². The topological polar surface area (TPSA) is 41.3 Å². The number of unbranched alkanes of at least 4 members (excludes halogenated alkanes) is 1. The highest BCUT2D eigenvalue weighted by Crippen LogP contribution is 1.81. The average molecular weight is 145 g/mol. The lowest BCUT2D eigenvalue weighted by Crippen LogP contribution is -2.34. The van der Waals surface area contributed by atoms with E-state index in [1.165, 1.54) is 12.8 Å². The van der Waals surface area contributed by atoms with Crippen molar-refractivity contribution < 1.29 is 0 Å². The summed E-state index contributed by atoms with van der Waals surface area (Å²) in [7, 11) is 1.88. The first-order valence-corrected chi connectivity index (χ1v) is 3.94. The smallest absolute Gasteiger partial charge is 0.0250 e. The van der Waals surface area contributed by atoms with Crippen LogP contribution in [0, 0.1) is 0 Å². The summed E-state index contributed by atoms with van der Waals surface area (Å²) in [6.07, 6.45) is 2.51. The van der Waals surface area contributed by atoms with E-state index in [0.29, 0.717) is 0 Å². The lowest BCUT2D eigenvalue weighted by molar-refractivity contribution is 0.345. The van der Waals surface area contributed by atoms with Gasteiger partial charge in [0.1, 0.15) is 0 Å². The van der Waals surface area contributed by atoms with Gasteiger partial charge >= 0.3 is 0 Å². The third-order valence-corrected chi connectivity index (χ3v) is 1.35. The van der Waals surface area contributed by atoms with E-state index in [1.807, 2.05) is 7.05 Å². The third kappa shape index (κ3) is 7.88. The molecule has 0 heterocycles.